The van der Waals surface area contributed by atoms with Crippen molar-refractivity contribution in [2.45, 2.75) is 234 Å². The molecule has 0 saturated carbocycles. The van der Waals surface area contributed by atoms with Gasteiger partial charge in [0.05, 0.1) is 99.6 Å². The molecule has 5 aromatic rings. The van der Waals surface area contributed by atoms with Crippen molar-refractivity contribution in [1.29, 1.82) is 10.5 Å². The lowest BCUT2D eigenvalue weighted by Gasteiger charge is -2.32. The molecule has 0 bridgehead atoms. The van der Waals surface area contributed by atoms with Gasteiger partial charge in [0, 0.05) is 63.3 Å². The topological polar surface area (TPSA) is 396 Å². The van der Waals surface area contributed by atoms with Crippen LogP contribution < -0.4 is 31.8 Å². The minimum absolute atomic E-state index is 0.0112. The first-order chi connectivity index (χ1) is 51.4. The lowest BCUT2D eigenvalue weighted by molar-refractivity contribution is 0.00578. The van der Waals surface area contributed by atoms with Crippen LogP contribution in [0.3, 0.4) is 0 Å². The van der Waals surface area contributed by atoms with Crippen molar-refractivity contribution < 1.29 is 85.6 Å². The number of aromatic hydroxyl groups is 1. The summed E-state index contributed by atoms with van der Waals surface area (Å²) in [6.45, 7) is 45.8. The number of nitrogens with one attached hydrogen (secondary N) is 1. The van der Waals surface area contributed by atoms with Gasteiger partial charge in [0.25, 0.3) is 11.8 Å². The van der Waals surface area contributed by atoms with Gasteiger partial charge >= 0.3 is 42.7 Å². The van der Waals surface area contributed by atoms with E-state index < -0.39 is 26.1 Å². The average molecular weight is 1660 g/mol. The Labute approximate surface area is 671 Å². The fourth-order valence-corrected chi connectivity index (χ4v) is 13.2. The van der Waals surface area contributed by atoms with Gasteiger partial charge in [-0.15, -0.1) is 0 Å². The maximum atomic E-state index is 12.0. The van der Waals surface area contributed by atoms with Gasteiger partial charge in [0.1, 0.15) is 28.4 Å². The number of nitrogens with zero attached hydrogens (tertiary/aromatic N) is 6. The molecular formula is C75H106B6Br2N10O18. The normalized spacial score (nSPS) is 23.0. The van der Waals surface area contributed by atoms with E-state index in [1.54, 1.807) is 35.1 Å². The standard InChI is InChI=1S/C20H22BN5O4.C14H28B2O4.C13H26B2O4.C10H10BBrO2.C10H13N5O2.C8H7BrO2/c1-11-12(2)21(28)30-18-4-3-14(7-15(11)18)24-20-16(19(23)27)9-26(25-20)17-10-29-6-5-13(17)8-22;1-10(15-17-11(2,3)12(4,5)18-15)16-19-13(6,7)14(8,9)20-16;1-10(2)11(3,4)17-14(16-10)9-15-18-12(5,6)13(7,8)19-15;1-6-7(2)11(13)14-10-4-3-8(12)5-9(6)10;11-3-6-1-2-17-5-8(6)15-4-7(10(13)16)9(12)14-15;1-5(10)7-4-6(9)2-3-8(7)11/h3-4,7,9,13,17,28H,5-6,10H2,1-2H3,(H2,23,27)(H,24,25);10H,1-9H3;9H2,1-8H3;3-5,13H,1-2H3;4,6,8H,1-2,5H2,(H2,12,14)(H2,13,16);2-4,11H,1H3/t13-,17?;;;;6-,8?;/m1...1./s1. The van der Waals surface area contributed by atoms with Crippen molar-refractivity contribution in [1.82, 2.24) is 19.6 Å². The molecule has 2 aromatic heterocycles. The number of Topliss-reactive ketones (excluding diaryl/α,β-unsaturated/α-hetero) is 1. The molecule has 3 aromatic carbocycles. The second-order valence-electron chi connectivity index (χ2n) is 32.8. The number of hydrogen-bond donors (Lipinski definition) is 7. The molecule has 8 aliphatic rings. The summed E-state index contributed by atoms with van der Waals surface area (Å²) in [4.78, 5) is 33.9. The Kier molecular flexibility index (Phi) is 28.2. The maximum Gasteiger partial charge on any atom is 0.555 e. The number of phenolic OH excluding ortho intramolecular Hbond substituents is 1. The predicted molar refractivity (Wildman–Crippen MR) is 435 cm³/mol. The van der Waals surface area contributed by atoms with E-state index in [1.165, 1.54) is 23.9 Å². The van der Waals surface area contributed by atoms with Crippen LogP contribution in [0.2, 0.25) is 11.9 Å². The zero-order chi connectivity index (χ0) is 82.8. The van der Waals surface area contributed by atoms with Crippen molar-refractivity contribution in [3.05, 3.63) is 115 Å². The quantitative estimate of drug-likeness (QED) is 0.0477. The highest BCUT2D eigenvalue weighted by molar-refractivity contribution is 9.10. The van der Waals surface area contributed by atoms with Gasteiger partial charge in [-0.25, -0.2) is 0 Å². The molecule has 6 saturated heterocycles. The Hall–Kier alpha value is -6.98. The lowest BCUT2D eigenvalue weighted by atomic mass is 9.53. The third kappa shape index (κ3) is 20.6. The minimum atomic E-state index is -0.959. The van der Waals surface area contributed by atoms with Gasteiger partial charge in [0.15, 0.2) is 17.4 Å². The molecule has 0 aliphatic carbocycles. The smallest absolute Gasteiger partial charge is 0.532 e. The first-order valence-electron chi connectivity index (χ1n) is 37.0. The summed E-state index contributed by atoms with van der Waals surface area (Å²) in [5.41, 5.74) is 20.7. The molecule has 6 fully saturated rings. The van der Waals surface area contributed by atoms with Gasteiger partial charge in [-0.2, -0.15) is 20.7 Å². The number of nitrogen functional groups attached to an aromatic ring is 1. The van der Waals surface area contributed by atoms with Crippen LogP contribution in [-0.4, -0.2) is 166 Å². The van der Waals surface area contributed by atoms with Gasteiger partial charge in [-0.05, 0) is 235 Å². The van der Waals surface area contributed by atoms with Crippen molar-refractivity contribution in [3.63, 3.8) is 0 Å². The minimum Gasteiger partial charge on any atom is -0.532 e. The molecule has 13 rings (SSSR count). The van der Waals surface area contributed by atoms with E-state index in [1.807, 2.05) is 52.0 Å². The van der Waals surface area contributed by atoms with E-state index in [0.717, 1.165) is 47.9 Å². The summed E-state index contributed by atoms with van der Waals surface area (Å²) >= 11 is 6.61. The lowest BCUT2D eigenvalue weighted by Crippen LogP contribution is -2.41. The molecule has 111 heavy (non-hydrogen) atoms. The van der Waals surface area contributed by atoms with Crippen LogP contribution in [0.5, 0.6) is 17.2 Å². The van der Waals surface area contributed by atoms with Crippen molar-refractivity contribution in [2.24, 2.45) is 23.3 Å². The molecule has 0 radical (unpaired) electrons. The number of ketones is 1. The Morgan fingerprint density at radius 3 is 1.35 bits per heavy atom. The number of carbonyl (C=O) groups is 3. The van der Waals surface area contributed by atoms with Gasteiger partial charge < -0.3 is 93.7 Å². The van der Waals surface area contributed by atoms with Gasteiger partial charge in [-0.3, -0.25) is 23.7 Å². The van der Waals surface area contributed by atoms with Crippen LogP contribution in [0.1, 0.15) is 219 Å². The zero-order valence-corrected chi connectivity index (χ0v) is 71.0. The van der Waals surface area contributed by atoms with Gasteiger partial charge in [0.2, 0.25) is 0 Å². The van der Waals surface area contributed by atoms with Crippen LogP contribution in [0, 0.1) is 34.5 Å². The number of anilines is 3. The Morgan fingerprint density at radius 1 is 0.577 bits per heavy atom. The van der Waals surface area contributed by atoms with Crippen LogP contribution in [0.15, 0.2) is 86.9 Å². The van der Waals surface area contributed by atoms with E-state index >= 15 is 0 Å². The van der Waals surface area contributed by atoms with Crippen LogP contribution in [0.4, 0.5) is 17.3 Å². The summed E-state index contributed by atoms with van der Waals surface area (Å²) in [6, 6.07) is 19.9. The number of aromatic nitrogens is 4. The third-order valence-electron chi connectivity index (χ3n) is 22.8. The monoisotopic (exact) mass is 1660 g/mol. The fraction of sp³-hybridized carbons (Fsp3) is 0.560. The number of nitrogens with two attached hydrogens (primary N) is 3. The van der Waals surface area contributed by atoms with Crippen LogP contribution in [-0.2, 0) is 46.7 Å². The number of benzene rings is 3. The van der Waals surface area contributed by atoms with Crippen LogP contribution >= 0.6 is 31.9 Å². The number of fused-ring (bicyclic) bond motifs is 2. The van der Waals surface area contributed by atoms with E-state index in [9.17, 15) is 29.7 Å². The van der Waals surface area contributed by atoms with E-state index in [4.69, 9.17) is 83.6 Å². The number of halogens is 2. The number of phenols is 1. The second kappa shape index (κ2) is 35.0. The molecule has 8 aliphatic heterocycles. The average Bonchev–Trinajstić information content (AvgIpc) is 1.63. The van der Waals surface area contributed by atoms with E-state index in [-0.39, 0.29) is 131 Å². The molecule has 28 nitrogen and oxygen atoms in total. The summed E-state index contributed by atoms with van der Waals surface area (Å²) in [7, 11) is -2.94. The largest absolute Gasteiger partial charge is 0.555 e. The SMILES string of the molecule is CC(=O)c1cc(Br)ccc1O.CC(B1OC(C)(C)C(C)(C)O1)B1OC(C)(C)C(C)(C)O1.CC1(C)OB(CB2OC(C)(C)C(C)(C)O2)OC1(C)C.CC1=C(C)c2cc(Br)ccc2OB1O.CC1=C(C)c2cc(Nc3nn(C4COCC[C@@H]4C#N)cc3C(N)=O)ccc2OB1O.N#C[C@H]1CCOCC1n1cc(C(N)=O)c(N)n1. The molecule has 2 unspecified atom stereocenters. The highest BCUT2D eigenvalue weighted by atomic mass is 79.9. The molecule has 0 spiro atoms. The van der Waals surface area contributed by atoms with E-state index in [2.05, 4.69) is 177 Å². The Bertz CT molecular complexity index is 4250. The number of nitriles is 2. The van der Waals surface area contributed by atoms with Crippen LogP contribution in [0.25, 0.3) is 11.1 Å². The van der Waals surface area contributed by atoms with E-state index in [0.29, 0.717) is 68.3 Å². The Morgan fingerprint density at radius 2 is 0.955 bits per heavy atom. The third-order valence-corrected chi connectivity index (χ3v) is 23.8. The molecule has 10 heterocycles. The summed E-state index contributed by atoms with van der Waals surface area (Å²) in [5, 5.41) is 58.8. The molecule has 36 heteroatoms. The van der Waals surface area contributed by atoms with Crippen molar-refractivity contribution >= 4 is 121 Å². The first-order valence-corrected chi connectivity index (χ1v) is 38.6. The van der Waals surface area contributed by atoms with Gasteiger partial charge in [-0.1, -0.05) is 38.8 Å². The number of primary amides is 2. The number of rotatable bonds is 11. The number of ether oxygens (including phenoxy) is 2. The maximum absolute atomic E-state index is 12.0. The highest BCUT2D eigenvalue weighted by Gasteiger charge is 2.61. The molecule has 596 valence electrons. The highest BCUT2D eigenvalue weighted by Crippen LogP contribution is 2.47. The van der Waals surface area contributed by atoms with Crippen molar-refractivity contribution in [2.75, 3.05) is 37.5 Å². The van der Waals surface area contributed by atoms with Crippen molar-refractivity contribution in [3.8, 4) is 29.4 Å². The predicted octanol–water partition coefficient (Wildman–Crippen LogP) is 12.5. The molecule has 10 N–H and O–H groups in total. The zero-order valence-electron chi connectivity index (χ0n) is 67.8. The number of carbonyl (C=O) groups excluding carboxylic acids is 3. The fourth-order valence-electron chi connectivity index (χ4n) is 12.5. The summed E-state index contributed by atoms with van der Waals surface area (Å²) in [6.07, 6.45) is 4.88. The number of amides is 2. The number of hydrogen-bond acceptors (Lipinski definition) is 24. The summed E-state index contributed by atoms with van der Waals surface area (Å²) < 4.78 is 74.9. The number of allylic oxidation sites excluding steroid dienone is 4. The second-order valence-corrected chi connectivity index (χ2v) is 34.6. The Balaban J connectivity index is 0.000000172. The summed E-state index contributed by atoms with van der Waals surface area (Å²) in [5.74, 6) is -0.0932. The molecule has 2 amide bonds. The molecular weight excluding hydrogens is 1550 g/mol. The molecule has 4 atom stereocenters. The first kappa shape index (κ1) is 89.6.